The van der Waals surface area contributed by atoms with Crippen LogP contribution >= 0.6 is 0 Å². The maximum atomic E-state index is 11.9. The van der Waals surface area contributed by atoms with Gasteiger partial charge >= 0.3 is 0 Å². The first-order valence-corrected chi connectivity index (χ1v) is 9.24. The number of hydrogen-bond acceptors (Lipinski definition) is 5. The summed E-state index contributed by atoms with van der Waals surface area (Å²) in [5, 5.41) is 23.8. The van der Waals surface area contributed by atoms with Crippen LogP contribution < -0.4 is 15.3 Å². The number of hydrogen-bond donors (Lipinski definition) is 1. The van der Waals surface area contributed by atoms with Gasteiger partial charge in [-0.2, -0.15) is 5.26 Å². The van der Waals surface area contributed by atoms with Crippen molar-refractivity contribution < 1.29 is 9.90 Å². The van der Waals surface area contributed by atoms with Gasteiger partial charge in [0.2, 0.25) is 0 Å². The largest absolute Gasteiger partial charge is 0.548 e. The van der Waals surface area contributed by atoms with Crippen LogP contribution in [0.1, 0.15) is 22.7 Å². The average molecular weight is 384 g/mol. The molecule has 0 heterocycles. The zero-order chi connectivity index (χ0) is 21.0. The van der Waals surface area contributed by atoms with Crippen molar-refractivity contribution in [1.82, 2.24) is 0 Å². The number of nitriles is 1. The molecule has 0 aromatic heterocycles. The Bertz CT molecular complexity index is 1050. The van der Waals surface area contributed by atoms with E-state index in [1.165, 1.54) is 0 Å². The molecule has 1 unspecified atom stereocenters. The molecule has 1 N–H and O–H groups in total. The Kier molecular flexibility index (Phi) is 5.85. The lowest BCUT2D eigenvalue weighted by Gasteiger charge is -2.23. The fourth-order valence-corrected chi connectivity index (χ4v) is 3.18. The van der Waals surface area contributed by atoms with Crippen LogP contribution in [-0.2, 0) is 4.79 Å². The molecule has 0 aliphatic heterocycles. The first-order chi connectivity index (χ1) is 13.9. The van der Waals surface area contributed by atoms with Gasteiger partial charge in [-0.05, 0) is 66.1 Å². The SMILES string of the molecule is Cc1cc(-c2ccc(N(C)C)cc2)cc(C(Nc2ccc(C#N)cc2)C(=O)[O-])c1. The van der Waals surface area contributed by atoms with E-state index in [2.05, 4.69) is 5.32 Å². The number of benzene rings is 3. The molecule has 0 fully saturated rings. The van der Waals surface area contributed by atoms with E-state index in [1.807, 2.05) is 74.5 Å². The predicted octanol–water partition coefficient (Wildman–Crippen LogP) is 3.50. The summed E-state index contributed by atoms with van der Waals surface area (Å²) in [7, 11) is 3.97. The molecule has 0 spiro atoms. The van der Waals surface area contributed by atoms with Crippen LogP contribution in [0.5, 0.6) is 0 Å². The van der Waals surface area contributed by atoms with Crippen molar-refractivity contribution in [3.63, 3.8) is 0 Å². The highest BCUT2D eigenvalue weighted by molar-refractivity contribution is 5.79. The molecular formula is C24H22N3O2-. The fraction of sp³-hybridized carbons (Fsp3) is 0.167. The summed E-state index contributed by atoms with van der Waals surface area (Å²) in [5.74, 6) is -1.21. The monoisotopic (exact) mass is 384 g/mol. The predicted molar refractivity (Wildman–Crippen MR) is 113 cm³/mol. The zero-order valence-corrected chi connectivity index (χ0v) is 16.6. The van der Waals surface area contributed by atoms with Gasteiger partial charge in [0.25, 0.3) is 0 Å². The minimum Gasteiger partial charge on any atom is -0.548 e. The normalized spacial score (nSPS) is 11.4. The van der Waals surface area contributed by atoms with E-state index in [-0.39, 0.29) is 0 Å². The van der Waals surface area contributed by atoms with Crippen molar-refractivity contribution in [2.45, 2.75) is 13.0 Å². The van der Waals surface area contributed by atoms with E-state index in [0.717, 1.165) is 22.4 Å². The Morgan fingerprint density at radius 3 is 2.21 bits per heavy atom. The van der Waals surface area contributed by atoms with Gasteiger partial charge < -0.3 is 20.1 Å². The van der Waals surface area contributed by atoms with Crippen LogP contribution in [0.2, 0.25) is 0 Å². The Balaban J connectivity index is 1.94. The van der Waals surface area contributed by atoms with Crippen molar-refractivity contribution in [3.8, 4) is 17.2 Å². The van der Waals surface area contributed by atoms with E-state index in [4.69, 9.17) is 5.26 Å². The Morgan fingerprint density at radius 2 is 1.66 bits per heavy atom. The molecule has 5 heteroatoms. The van der Waals surface area contributed by atoms with Crippen molar-refractivity contribution in [1.29, 1.82) is 5.26 Å². The molecule has 0 aliphatic carbocycles. The minimum absolute atomic E-state index is 0.513. The number of carbonyl (C=O) groups excluding carboxylic acids is 1. The lowest BCUT2D eigenvalue weighted by molar-refractivity contribution is -0.307. The van der Waals surface area contributed by atoms with Crippen LogP contribution in [0.25, 0.3) is 11.1 Å². The third kappa shape index (κ3) is 4.74. The topological polar surface area (TPSA) is 79.2 Å². The number of anilines is 2. The Labute approximate surface area is 170 Å². The van der Waals surface area contributed by atoms with Gasteiger partial charge in [-0.1, -0.05) is 29.8 Å². The number of rotatable bonds is 6. The first-order valence-electron chi connectivity index (χ1n) is 9.24. The summed E-state index contributed by atoms with van der Waals surface area (Å²) in [6.07, 6.45) is 0. The summed E-state index contributed by atoms with van der Waals surface area (Å²) in [4.78, 5) is 13.9. The molecule has 146 valence electrons. The second kappa shape index (κ2) is 8.49. The highest BCUT2D eigenvalue weighted by atomic mass is 16.4. The average Bonchev–Trinajstić information content (AvgIpc) is 2.71. The van der Waals surface area contributed by atoms with E-state index in [1.54, 1.807) is 24.3 Å². The van der Waals surface area contributed by atoms with Crippen LogP contribution in [0.3, 0.4) is 0 Å². The zero-order valence-electron chi connectivity index (χ0n) is 16.6. The Hall–Kier alpha value is -3.78. The summed E-state index contributed by atoms with van der Waals surface area (Å²) in [6, 6.07) is 21.5. The number of nitrogens with one attached hydrogen (secondary N) is 1. The number of aryl methyl sites for hydroxylation is 1. The number of carboxylic acids is 1. The molecule has 3 rings (SSSR count). The highest BCUT2D eigenvalue weighted by Crippen LogP contribution is 2.28. The van der Waals surface area contributed by atoms with Gasteiger partial charge in [0.05, 0.1) is 23.6 Å². The van der Waals surface area contributed by atoms with E-state index >= 15 is 0 Å². The van der Waals surface area contributed by atoms with Crippen LogP contribution in [0, 0.1) is 18.3 Å². The molecule has 5 nitrogen and oxygen atoms in total. The van der Waals surface area contributed by atoms with E-state index in [0.29, 0.717) is 16.8 Å². The number of nitrogens with zero attached hydrogens (tertiary/aromatic N) is 2. The summed E-state index contributed by atoms with van der Waals surface area (Å²) >= 11 is 0. The molecule has 0 saturated heterocycles. The lowest BCUT2D eigenvalue weighted by Crippen LogP contribution is -2.34. The molecule has 3 aromatic carbocycles. The van der Waals surface area contributed by atoms with Crippen LogP contribution in [0.15, 0.2) is 66.7 Å². The van der Waals surface area contributed by atoms with Gasteiger partial charge in [-0.15, -0.1) is 0 Å². The fourth-order valence-electron chi connectivity index (χ4n) is 3.18. The van der Waals surface area contributed by atoms with Crippen molar-refractivity contribution in [2.75, 3.05) is 24.3 Å². The molecule has 0 radical (unpaired) electrons. The van der Waals surface area contributed by atoms with Gasteiger partial charge in [0, 0.05) is 25.5 Å². The smallest absolute Gasteiger partial charge is 0.0991 e. The van der Waals surface area contributed by atoms with Gasteiger partial charge in [0.15, 0.2) is 0 Å². The molecule has 0 bridgehead atoms. The summed E-state index contributed by atoms with van der Waals surface area (Å²) in [5.41, 5.74) is 5.74. The first kappa shape index (κ1) is 20.0. The van der Waals surface area contributed by atoms with Crippen LogP contribution in [0.4, 0.5) is 11.4 Å². The van der Waals surface area contributed by atoms with Crippen molar-refractivity contribution in [2.24, 2.45) is 0 Å². The van der Waals surface area contributed by atoms with Crippen molar-refractivity contribution >= 4 is 17.3 Å². The van der Waals surface area contributed by atoms with Gasteiger partial charge in [0.1, 0.15) is 0 Å². The third-order valence-electron chi connectivity index (χ3n) is 4.71. The lowest BCUT2D eigenvalue weighted by atomic mass is 9.96. The number of carboxylic acid groups (broad SMARTS) is 1. The van der Waals surface area contributed by atoms with Gasteiger partial charge in [-0.25, -0.2) is 0 Å². The summed E-state index contributed by atoms with van der Waals surface area (Å²) in [6.45, 7) is 1.94. The van der Waals surface area contributed by atoms with E-state index in [9.17, 15) is 9.90 Å². The molecule has 29 heavy (non-hydrogen) atoms. The minimum atomic E-state index is -1.21. The maximum Gasteiger partial charge on any atom is 0.0991 e. The van der Waals surface area contributed by atoms with Crippen LogP contribution in [-0.4, -0.2) is 20.1 Å². The maximum absolute atomic E-state index is 11.9. The molecular weight excluding hydrogens is 362 g/mol. The molecule has 3 aromatic rings. The highest BCUT2D eigenvalue weighted by Gasteiger charge is 2.15. The number of carbonyl (C=O) groups is 1. The number of aliphatic carboxylic acids is 1. The van der Waals surface area contributed by atoms with E-state index < -0.39 is 12.0 Å². The molecule has 0 saturated carbocycles. The molecule has 0 aliphatic rings. The molecule has 0 amide bonds. The van der Waals surface area contributed by atoms with Gasteiger partial charge in [-0.3, -0.25) is 0 Å². The van der Waals surface area contributed by atoms with Crippen molar-refractivity contribution in [3.05, 3.63) is 83.4 Å². The summed E-state index contributed by atoms with van der Waals surface area (Å²) < 4.78 is 0. The quantitative estimate of drug-likeness (QED) is 0.704. The molecule has 1 atom stereocenters. The Morgan fingerprint density at radius 1 is 1.00 bits per heavy atom. The third-order valence-corrected chi connectivity index (χ3v) is 4.71. The standard InChI is InChI=1S/C24H23N3O2/c1-16-12-19(18-6-10-22(11-7-18)27(2)3)14-20(13-16)23(24(28)29)26-21-8-4-17(15-25)5-9-21/h4-14,23,26H,1-3H3,(H,28,29)/p-1. The second-order valence-electron chi connectivity index (χ2n) is 7.16. The second-order valence-corrected chi connectivity index (χ2v) is 7.16.